The summed E-state index contributed by atoms with van der Waals surface area (Å²) in [5.41, 5.74) is 1.91. The van der Waals surface area contributed by atoms with E-state index >= 15 is 0 Å². The Labute approximate surface area is 129 Å². The van der Waals surface area contributed by atoms with Gasteiger partial charge in [-0.25, -0.2) is 4.68 Å². The van der Waals surface area contributed by atoms with Crippen LogP contribution in [-0.4, -0.2) is 20.9 Å². The van der Waals surface area contributed by atoms with Gasteiger partial charge in [-0.1, -0.05) is 44.2 Å². The number of aryl methyl sites for hydroxylation is 1. The monoisotopic (exact) mass is 300 g/mol. The van der Waals surface area contributed by atoms with Gasteiger partial charge >= 0.3 is 5.97 Å². The number of benzene rings is 1. The Morgan fingerprint density at radius 3 is 2.55 bits per heavy atom. The number of carbonyl (C=O) groups is 1. The summed E-state index contributed by atoms with van der Waals surface area (Å²) in [7, 11) is 0. The minimum absolute atomic E-state index is 0.0604. The summed E-state index contributed by atoms with van der Waals surface area (Å²) in [4.78, 5) is 23.2. The van der Waals surface area contributed by atoms with E-state index in [9.17, 15) is 9.59 Å². The van der Waals surface area contributed by atoms with Gasteiger partial charge in [-0.05, 0) is 18.4 Å². The van der Waals surface area contributed by atoms with Crippen LogP contribution >= 0.6 is 0 Å². The summed E-state index contributed by atoms with van der Waals surface area (Å²) < 4.78 is 1.45. The van der Waals surface area contributed by atoms with E-state index in [4.69, 9.17) is 5.11 Å². The average Bonchev–Trinajstić information content (AvgIpc) is 2.48. The average molecular weight is 300 g/mol. The zero-order valence-electron chi connectivity index (χ0n) is 12.8. The molecule has 0 radical (unpaired) electrons. The molecule has 1 aromatic carbocycles. The number of carboxylic acid groups (broad SMARTS) is 1. The lowest BCUT2D eigenvalue weighted by molar-refractivity contribution is -0.136. The number of carboxylic acids is 1. The highest BCUT2D eigenvalue weighted by molar-refractivity contribution is 5.67. The van der Waals surface area contributed by atoms with E-state index in [2.05, 4.69) is 5.10 Å². The maximum Gasteiger partial charge on any atom is 0.303 e. The van der Waals surface area contributed by atoms with Crippen LogP contribution in [0, 0.1) is 5.92 Å². The van der Waals surface area contributed by atoms with E-state index in [-0.39, 0.29) is 24.3 Å². The van der Waals surface area contributed by atoms with Crippen molar-refractivity contribution in [3.63, 3.8) is 0 Å². The molecule has 2 aromatic rings. The van der Waals surface area contributed by atoms with Crippen molar-refractivity contribution in [1.82, 2.24) is 9.78 Å². The third-order valence-electron chi connectivity index (χ3n) is 3.26. The Morgan fingerprint density at radius 1 is 1.27 bits per heavy atom. The van der Waals surface area contributed by atoms with E-state index in [0.29, 0.717) is 17.8 Å². The van der Waals surface area contributed by atoms with Crippen molar-refractivity contribution < 1.29 is 9.90 Å². The highest BCUT2D eigenvalue weighted by Crippen LogP contribution is 2.16. The van der Waals surface area contributed by atoms with Crippen molar-refractivity contribution in [3.05, 3.63) is 52.3 Å². The molecule has 1 heterocycles. The largest absolute Gasteiger partial charge is 0.481 e. The summed E-state index contributed by atoms with van der Waals surface area (Å²) in [5.74, 6) is -0.628. The first-order valence-electron chi connectivity index (χ1n) is 7.35. The van der Waals surface area contributed by atoms with Gasteiger partial charge in [-0.3, -0.25) is 9.59 Å². The Hall–Kier alpha value is -2.43. The van der Waals surface area contributed by atoms with Gasteiger partial charge in [-0.15, -0.1) is 0 Å². The second-order valence-electron chi connectivity index (χ2n) is 5.70. The molecule has 0 bridgehead atoms. The van der Waals surface area contributed by atoms with Gasteiger partial charge in [0.2, 0.25) is 0 Å². The maximum absolute atomic E-state index is 12.4. The summed E-state index contributed by atoms with van der Waals surface area (Å²) in [6.07, 6.45) is 0.157. The van der Waals surface area contributed by atoms with Crippen LogP contribution in [0.3, 0.4) is 0 Å². The quantitative estimate of drug-likeness (QED) is 0.890. The normalized spacial score (nSPS) is 10.9. The van der Waals surface area contributed by atoms with Crippen molar-refractivity contribution in [3.8, 4) is 11.3 Å². The predicted molar refractivity (Wildman–Crippen MR) is 84.7 cm³/mol. The first-order valence-corrected chi connectivity index (χ1v) is 7.35. The highest BCUT2D eigenvalue weighted by atomic mass is 16.4. The number of nitrogens with zero attached hydrogens (tertiary/aromatic N) is 2. The van der Waals surface area contributed by atoms with E-state index in [0.717, 1.165) is 5.56 Å². The van der Waals surface area contributed by atoms with Gasteiger partial charge in [0.1, 0.15) is 0 Å². The standard InChI is InChI=1S/C17H20N2O3/c1-12(2)11-19-17(22)14(8-9-16(20)21)10-15(18-19)13-6-4-3-5-7-13/h3-7,10,12H,8-9,11H2,1-2H3,(H,20,21). The third kappa shape index (κ3) is 4.04. The predicted octanol–water partition coefficient (Wildman–Crippen LogP) is 2.58. The number of hydrogen-bond acceptors (Lipinski definition) is 3. The van der Waals surface area contributed by atoms with Gasteiger partial charge in [-0.2, -0.15) is 5.10 Å². The molecule has 0 aliphatic rings. The smallest absolute Gasteiger partial charge is 0.303 e. The molecule has 0 saturated heterocycles. The fourth-order valence-corrected chi connectivity index (χ4v) is 2.24. The molecule has 0 aliphatic carbocycles. The van der Waals surface area contributed by atoms with E-state index in [1.165, 1.54) is 4.68 Å². The topological polar surface area (TPSA) is 72.2 Å². The summed E-state index contributed by atoms with van der Waals surface area (Å²) in [6.45, 7) is 4.54. The van der Waals surface area contributed by atoms with Gasteiger partial charge in [0.15, 0.2) is 0 Å². The van der Waals surface area contributed by atoms with Crippen LogP contribution in [0.2, 0.25) is 0 Å². The van der Waals surface area contributed by atoms with E-state index < -0.39 is 5.97 Å². The Bertz CT molecular complexity index is 706. The zero-order chi connectivity index (χ0) is 16.1. The van der Waals surface area contributed by atoms with Crippen molar-refractivity contribution in [2.75, 3.05) is 0 Å². The van der Waals surface area contributed by atoms with E-state index in [1.807, 2.05) is 44.2 Å². The second-order valence-corrected chi connectivity index (χ2v) is 5.70. The van der Waals surface area contributed by atoms with Gasteiger partial charge in [0.25, 0.3) is 5.56 Å². The number of aromatic nitrogens is 2. The zero-order valence-corrected chi connectivity index (χ0v) is 12.8. The molecule has 0 atom stereocenters. The van der Waals surface area contributed by atoms with Crippen molar-refractivity contribution in [1.29, 1.82) is 0 Å². The molecule has 5 heteroatoms. The molecular weight excluding hydrogens is 280 g/mol. The number of aliphatic carboxylic acids is 1. The number of hydrogen-bond donors (Lipinski definition) is 1. The third-order valence-corrected chi connectivity index (χ3v) is 3.26. The molecule has 0 spiro atoms. The molecule has 5 nitrogen and oxygen atoms in total. The molecule has 116 valence electrons. The highest BCUT2D eigenvalue weighted by Gasteiger charge is 2.12. The Balaban J connectivity index is 2.48. The molecule has 0 amide bonds. The molecule has 0 fully saturated rings. The van der Waals surface area contributed by atoms with Crippen LogP contribution in [0.25, 0.3) is 11.3 Å². The maximum atomic E-state index is 12.4. The molecular formula is C17H20N2O3. The molecule has 2 rings (SSSR count). The van der Waals surface area contributed by atoms with Crippen LogP contribution in [0.1, 0.15) is 25.8 Å². The van der Waals surface area contributed by atoms with Gasteiger partial charge in [0.05, 0.1) is 5.69 Å². The molecule has 22 heavy (non-hydrogen) atoms. The molecule has 0 saturated carbocycles. The fraction of sp³-hybridized carbons (Fsp3) is 0.353. The molecule has 1 aromatic heterocycles. The Morgan fingerprint density at radius 2 is 1.95 bits per heavy atom. The van der Waals surface area contributed by atoms with E-state index in [1.54, 1.807) is 6.07 Å². The van der Waals surface area contributed by atoms with Crippen LogP contribution in [0.5, 0.6) is 0 Å². The van der Waals surface area contributed by atoms with Crippen molar-refractivity contribution in [2.24, 2.45) is 5.92 Å². The first-order chi connectivity index (χ1) is 10.5. The molecule has 1 N–H and O–H groups in total. The fourth-order valence-electron chi connectivity index (χ4n) is 2.24. The van der Waals surface area contributed by atoms with Crippen LogP contribution in [0.15, 0.2) is 41.2 Å². The van der Waals surface area contributed by atoms with Crippen molar-refractivity contribution >= 4 is 5.97 Å². The minimum atomic E-state index is -0.909. The summed E-state index contributed by atoms with van der Waals surface area (Å²) in [5, 5.41) is 13.3. The number of rotatable bonds is 6. The summed E-state index contributed by atoms with van der Waals surface area (Å²) in [6, 6.07) is 11.3. The van der Waals surface area contributed by atoms with Crippen molar-refractivity contribution in [2.45, 2.75) is 33.2 Å². The van der Waals surface area contributed by atoms with Gasteiger partial charge < -0.3 is 5.11 Å². The SMILES string of the molecule is CC(C)Cn1nc(-c2ccccc2)cc(CCC(=O)O)c1=O. The van der Waals surface area contributed by atoms with Crippen LogP contribution in [-0.2, 0) is 17.8 Å². The lowest BCUT2D eigenvalue weighted by Crippen LogP contribution is -2.28. The van der Waals surface area contributed by atoms with Crippen LogP contribution < -0.4 is 5.56 Å². The summed E-state index contributed by atoms with van der Waals surface area (Å²) >= 11 is 0. The minimum Gasteiger partial charge on any atom is -0.481 e. The van der Waals surface area contributed by atoms with Crippen LogP contribution in [0.4, 0.5) is 0 Å². The lowest BCUT2D eigenvalue weighted by atomic mass is 10.1. The Kier molecular flexibility index (Phi) is 5.09. The first kappa shape index (κ1) is 15.9. The lowest BCUT2D eigenvalue weighted by Gasteiger charge is -2.12. The molecule has 0 aliphatic heterocycles. The van der Waals surface area contributed by atoms with Gasteiger partial charge in [0, 0.05) is 24.1 Å². The second kappa shape index (κ2) is 7.02. The molecule has 0 unspecified atom stereocenters.